The average molecular weight is 265 g/mol. The van der Waals surface area contributed by atoms with Crippen LogP contribution in [0.1, 0.15) is 12.6 Å². The summed E-state index contributed by atoms with van der Waals surface area (Å²) in [4.78, 5) is 8.41. The molecule has 2 aromatic rings. The normalized spacial score (nSPS) is 27.2. The van der Waals surface area contributed by atoms with Crippen molar-refractivity contribution in [1.29, 1.82) is 5.41 Å². The second kappa shape index (κ2) is 4.41. The van der Waals surface area contributed by atoms with Crippen LogP contribution in [-0.2, 0) is 11.8 Å². The quantitative estimate of drug-likeness (QED) is 0.638. The predicted octanol–water partition coefficient (Wildman–Crippen LogP) is -1.11. The number of fused-ring (bicyclic) bond motifs is 1. The molecule has 1 saturated heterocycles. The molecule has 1 unspecified atom stereocenters. The summed E-state index contributed by atoms with van der Waals surface area (Å²) in [6, 6.07) is 0. The van der Waals surface area contributed by atoms with E-state index < -0.39 is 18.4 Å². The number of hydrogen-bond acceptors (Lipinski definition) is 6. The summed E-state index contributed by atoms with van der Waals surface area (Å²) in [6.07, 6.45) is 1.74. The van der Waals surface area contributed by atoms with Crippen LogP contribution in [0, 0.1) is 5.41 Å². The number of imidazole rings is 1. The van der Waals surface area contributed by atoms with Gasteiger partial charge in [0.2, 0.25) is 0 Å². The predicted molar refractivity (Wildman–Crippen MR) is 64.0 cm³/mol. The first-order chi connectivity index (χ1) is 9.11. The molecule has 19 heavy (non-hydrogen) atoms. The van der Waals surface area contributed by atoms with Gasteiger partial charge in [-0.2, -0.15) is 0 Å². The Morgan fingerprint density at radius 2 is 2.26 bits per heavy atom. The third-order valence-corrected chi connectivity index (χ3v) is 3.39. The Hall–Kier alpha value is -1.77. The summed E-state index contributed by atoms with van der Waals surface area (Å²) in [5, 5.41) is 26.7. The molecular weight excluding hydrogens is 250 g/mol. The molecule has 0 aliphatic carbocycles. The van der Waals surface area contributed by atoms with E-state index in [1.54, 1.807) is 22.5 Å². The standard InChI is InChI=1S/C11H15N5O3/c1-15-4-14-11-9(10(15)12)13-5-16(11)8-2-6(18)7(3-17)19-8/h4-8,12,17-18H,2-3H2,1H3/t6?,7-,8-/m1/s1. The van der Waals surface area contributed by atoms with Gasteiger partial charge in [-0.05, 0) is 0 Å². The maximum atomic E-state index is 9.75. The molecule has 0 bridgehead atoms. The summed E-state index contributed by atoms with van der Waals surface area (Å²) >= 11 is 0. The van der Waals surface area contributed by atoms with Crippen molar-refractivity contribution in [3.05, 3.63) is 18.1 Å². The summed E-state index contributed by atoms with van der Waals surface area (Å²) in [5.41, 5.74) is 1.29. The Morgan fingerprint density at radius 1 is 1.47 bits per heavy atom. The van der Waals surface area contributed by atoms with Gasteiger partial charge in [-0.3, -0.25) is 9.98 Å². The van der Waals surface area contributed by atoms with Gasteiger partial charge >= 0.3 is 0 Å². The second-order valence-electron chi connectivity index (χ2n) is 4.64. The molecule has 0 amide bonds. The van der Waals surface area contributed by atoms with Crippen LogP contribution in [0.15, 0.2) is 12.7 Å². The molecule has 3 N–H and O–H groups in total. The number of rotatable bonds is 2. The van der Waals surface area contributed by atoms with Crippen LogP contribution in [0.2, 0.25) is 0 Å². The van der Waals surface area contributed by atoms with Gasteiger partial charge in [-0.1, -0.05) is 0 Å². The number of nitrogens with zero attached hydrogens (tertiary/aromatic N) is 4. The molecule has 0 aromatic carbocycles. The van der Waals surface area contributed by atoms with Gasteiger partial charge in [0.25, 0.3) is 0 Å². The number of aromatic nitrogens is 4. The first kappa shape index (κ1) is 12.3. The summed E-state index contributed by atoms with van der Waals surface area (Å²) in [7, 11) is 1.73. The fraction of sp³-hybridized carbons (Fsp3) is 0.545. The van der Waals surface area contributed by atoms with Crippen molar-refractivity contribution in [2.75, 3.05) is 6.61 Å². The zero-order valence-corrected chi connectivity index (χ0v) is 10.4. The number of aryl methyl sites for hydroxylation is 1. The third kappa shape index (κ3) is 1.84. The van der Waals surface area contributed by atoms with Crippen molar-refractivity contribution < 1.29 is 14.9 Å². The van der Waals surface area contributed by atoms with E-state index in [9.17, 15) is 5.11 Å². The highest BCUT2D eigenvalue weighted by molar-refractivity contribution is 5.68. The van der Waals surface area contributed by atoms with Gasteiger partial charge < -0.3 is 19.5 Å². The van der Waals surface area contributed by atoms with Crippen molar-refractivity contribution in [3.63, 3.8) is 0 Å². The van der Waals surface area contributed by atoms with Crippen molar-refractivity contribution in [3.8, 4) is 0 Å². The first-order valence-corrected chi connectivity index (χ1v) is 5.99. The second-order valence-corrected chi connectivity index (χ2v) is 4.64. The smallest absolute Gasteiger partial charge is 0.167 e. The molecule has 0 saturated carbocycles. The highest BCUT2D eigenvalue weighted by atomic mass is 16.5. The van der Waals surface area contributed by atoms with Crippen molar-refractivity contribution in [2.45, 2.75) is 24.9 Å². The number of aliphatic hydroxyl groups is 2. The zero-order chi connectivity index (χ0) is 13.6. The zero-order valence-electron chi connectivity index (χ0n) is 10.4. The van der Waals surface area contributed by atoms with Crippen molar-refractivity contribution in [2.24, 2.45) is 7.05 Å². The fourth-order valence-corrected chi connectivity index (χ4v) is 2.28. The summed E-state index contributed by atoms with van der Waals surface area (Å²) in [6.45, 7) is -0.226. The molecule has 3 rings (SSSR count). The lowest BCUT2D eigenvalue weighted by atomic mass is 10.2. The molecule has 8 heteroatoms. The molecule has 3 atom stereocenters. The van der Waals surface area contributed by atoms with Gasteiger partial charge in [0.05, 0.1) is 25.4 Å². The highest BCUT2D eigenvalue weighted by Gasteiger charge is 2.35. The van der Waals surface area contributed by atoms with E-state index in [0.29, 0.717) is 17.6 Å². The molecular formula is C11H15N5O3. The Bertz CT molecular complexity index is 664. The molecule has 1 fully saturated rings. The van der Waals surface area contributed by atoms with Gasteiger partial charge in [0.1, 0.15) is 17.8 Å². The topological polar surface area (TPSA) is 109 Å². The Balaban J connectivity index is 2.03. The molecule has 2 aromatic heterocycles. The lowest BCUT2D eigenvalue weighted by Crippen LogP contribution is -2.24. The lowest BCUT2D eigenvalue weighted by Gasteiger charge is -2.13. The van der Waals surface area contributed by atoms with E-state index in [1.165, 1.54) is 6.33 Å². The van der Waals surface area contributed by atoms with E-state index in [1.807, 2.05) is 0 Å². The third-order valence-electron chi connectivity index (χ3n) is 3.39. The molecule has 3 heterocycles. The van der Waals surface area contributed by atoms with Gasteiger partial charge in [-0.15, -0.1) is 0 Å². The monoisotopic (exact) mass is 265 g/mol. The van der Waals surface area contributed by atoms with Crippen LogP contribution in [0.25, 0.3) is 11.2 Å². The van der Waals surface area contributed by atoms with Crippen LogP contribution in [0.3, 0.4) is 0 Å². The number of aliphatic hydroxyl groups excluding tert-OH is 2. The summed E-state index contributed by atoms with van der Waals surface area (Å²) in [5.74, 6) is 0. The Kier molecular flexibility index (Phi) is 2.85. The van der Waals surface area contributed by atoms with E-state index in [-0.39, 0.29) is 12.1 Å². The number of ether oxygens (including phenoxy) is 1. The average Bonchev–Trinajstić information content (AvgIpc) is 2.97. The fourth-order valence-electron chi connectivity index (χ4n) is 2.28. The van der Waals surface area contributed by atoms with Crippen LogP contribution in [-0.4, -0.2) is 48.1 Å². The van der Waals surface area contributed by atoms with Gasteiger partial charge in [0, 0.05) is 13.5 Å². The maximum absolute atomic E-state index is 9.75. The molecule has 0 spiro atoms. The number of nitrogens with one attached hydrogen (secondary N) is 1. The van der Waals surface area contributed by atoms with Crippen molar-refractivity contribution in [1.82, 2.24) is 19.1 Å². The van der Waals surface area contributed by atoms with Crippen LogP contribution >= 0.6 is 0 Å². The van der Waals surface area contributed by atoms with Gasteiger partial charge in [0.15, 0.2) is 11.1 Å². The molecule has 102 valence electrons. The number of hydrogen-bond donors (Lipinski definition) is 3. The van der Waals surface area contributed by atoms with E-state index in [4.69, 9.17) is 15.3 Å². The molecule has 1 aliphatic rings. The summed E-state index contributed by atoms with van der Waals surface area (Å²) < 4.78 is 8.82. The van der Waals surface area contributed by atoms with E-state index >= 15 is 0 Å². The van der Waals surface area contributed by atoms with Crippen LogP contribution < -0.4 is 5.49 Å². The minimum absolute atomic E-state index is 0.226. The molecule has 8 nitrogen and oxygen atoms in total. The minimum Gasteiger partial charge on any atom is -0.394 e. The largest absolute Gasteiger partial charge is 0.394 e. The Morgan fingerprint density at radius 3 is 2.95 bits per heavy atom. The molecule has 0 radical (unpaired) electrons. The van der Waals surface area contributed by atoms with E-state index in [2.05, 4.69) is 9.97 Å². The lowest BCUT2D eigenvalue weighted by molar-refractivity contribution is -0.0432. The molecule has 1 aliphatic heterocycles. The van der Waals surface area contributed by atoms with Crippen LogP contribution in [0.4, 0.5) is 0 Å². The van der Waals surface area contributed by atoms with Crippen molar-refractivity contribution >= 4 is 11.2 Å². The van der Waals surface area contributed by atoms with E-state index in [0.717, 1.165) is 0 Å². The first-order valence-electron chi connectivity index (χ1n) is 5.99. The van der Waals surface area contributed by atoms with Crippen LogP contribution in [0.5, 0.6) is 0 Å². The van der Waals surface area contributed by atoms with Gasteiger partial charge in [-0.25, -0.2) is 9.97 Å². The maximum Gasteiger partial charge on any atom is 0.167 e. The Labute approximate surface area is 108 Å². The minimum atomic E-state index is -0.706. The highest BCUT2D eigenvalue weighted by Crippen LogP contribution is 2.29. The SMILES string of the molecule is Cn1cnc2c(ncn2[C@H]2CC(O)[C@@H](CO)O2)c1=N.